The summed E-state index contributed by atoms with van der Waals surface area (Å²) in [7, 11) is 1.21. The first kappa shape index (κ1) is 7.01. The molecule has 0 aromatic rings. The van der Waals surface area contributed by atoms with Gasteiger partial charge in [-0.3, -0.25) is 0 Å². The largest absolute Gasteiger partial charge is 0.502 e. The summed E-state index contributed by atoms with van der Waals surface area (Å²) in [6.07, 6.45) is 1.27. The zero-order chi connectivity index (χ0) is 6.57. The van der Waals surface area contributed by atoms with Crippen molar-refractivity contribution in [3.8, 4) is 0 Å². The molecule has 0 saturated heterocycles. The highest BCUT2D eigenvalue weighted by molar-refractivity contribution is 5.85. The Hall–Kier alpha value is -0.990. The Labute approximate surface area is 47.6 Å². The fraction of sp³-hybridized carbons (Fsp3) is 0.400. The molecule has 3 nitrogen and oxygen atoms in total. The zero-order valence-corrected chi connectivity index (χ0v) is 4.84. The Morgan fingerprint density at radius 2 is 2.25 bits per heavy atom. The van der Waals surface area contributed by atoms with Gasteiger partial charge in [0.05, 0.1) is 7.11 Å². The number of aliphatic hydroxyl groups excluding tert-OH is 1. The van der Waals surface area contributed by atoms with Crippen LogP contribution < -0.4 is 0 Å². The monoisotopic (exact) mass is 116 g/mol. The van der Waals surface area contributed by atoms with Crippen LogP contribution >= 0.6 is 0 Å². The van der Waals surface area contributed by atoms with Gasteiger partial charge in [-0.05, 0) is 13.0 Å². The molecule has 0 bridgehead atoms. The van der Waals surface area contributed by atoms with Crippen molar-refractivity contribution in [2.75, 3.05) is 7.11 Å². The molecule has 1 N–H and O–H groups in total. The van der Waals surface area contributed by atoms with Crippen LogP contribution in [0, 0.1) is 0 Å². The number of carbonyl (C=O) groups is 1. The molecule has 0 fully saturated rings. The van der Waals surface area contributed by atoms with Gasteiger partial charge in [0, 0.05) is 0 Å². The quantitative estimate of drug-likeness (QED) is 0.310. The predicted molar refractivity (Wildman–Crippen MR) is 28.4 cm³/mol. The molecule has 8 heavy (non-hydrogen) atoms. The molecule has 0 amide bonds. The first-order valence-electron chi connectivity index (χ1n) is 2.16. The standard InChI is InChI=1S/C5H8O3/c1-3-4(6)5(7)8-2/h3,6H,1-2H3/b4-3+. The van der Waals surface area contributed by atoms with Gasteiger partial charge in [-0.25, -0.2) is 4.79 Å². The molecule has 0 atom stereocenters. The SMILES string of the molecule is C/C=C(/O)C(=O)OC. The maximum atomic E-state index is 10.2. The number of hydrogen-bond donors (Lipinski definition) is 1. The van der Waals surface area contributed by atoms with E-state index in [4.69, 9.17) is 5.11 Å². The second kappa shape index (κ2) is 3.07. The van der Waals surface area contributed by atoms with E-state index >= 15 is 0 Å². The van der Waals surface area contributed by atoms with Crippen LogP contribution in [0.25, 0.3) is 0 Å². The van der Waals surface area contributed by atoms with E-state index < -0.39 is 5.97 Å². The lowest BCUT2D eigenvalue weighted by atomic mass is 10.5. The molecule has 3 heteroatoms. The number of allylic oxidation sites excluding steroid dienone is 1. The summed E-state index contributed by atoms with van der Waals surface area (Å²) in [5, 5.41) is 8.51. The minimum absolute atomic E-state index is 0.354. The van der Waals surface area contributed by atoms with Crippen molar-refractivity contribution in [3.63, 3.8) is 0 Å². The summed E-state index contributed by atoms with van der Waals surface area (Å²) < 4.78 is 4.15. The molecule has 0 heterocycles. The predicted octanol–water partition coefficient (Wildman–Crippen LogP) is 0.621. The van der Waals surface area contributed by atoms with E-state index in [0.29, 0.717) is 0 Å². The van der Waals surface area contributed by atoms with Crippen LogP contribution in [0.4, 0.5) is 0 Å². The van der Waals surface area contributed by atoms with Gasteiger partial charge in [-0.2, -0.15) is 0 Å². The summed E-state index contributed by atoms with van der Waals surface area (Å²) in [6, 6.07) is 0. The lowest BCUT2D eigenvalue weighted by molar-refractivity contribution is -0.139. The van der Waals surface area contributed by atoms with E-state index in [-0.39, 0.29) is 5.76 Å². The van der Waals surface area contributed by atoms with Gasteiger partial charge in [-0.15, -0.1) is 0 Å². The number of carbonyl (C=O) groups excluding carboxylic acids is 1. The van der Waals surface area contributed by atoms with Crippen molar-refractivity contribution < 1.29 is 14.6 Å². The average molecular weight is 116 g/mol. The van der Waals surface area contributed by atoms with E-state index in [2.05, 4.69) is 4.74 Å². The van der Waals surface area contributed by atoms with E-state index in [0.717, 1.165) is 0 Å². The third kappa shape index (κ3) is 1.64. The third-order valence-corrected chi connectivity index (χ3v) is 0.668. The Morgan fingerprint density at radius 3 is 2.38 bits per heavy atom. The summed E-state index contributed by atoms with van der Waals surface area (Å²) in [5.74, 6) is -1.06. The second-order valence-electron chi connectivity index (χ2n) is 1.17. The fourth-order valence-electron chi connectivity index (χ4n) is 0.222. The van der Waals surface area contributed by atoms with Gasteiger partial charge >= 0.3 is 5.97 Å². The number of esters is 1. The lowest BCUT2D eigenvalue weighted by Gasteiger charge is -1.92. The summed E-state index contributed by atoms with van der Waals surface area (Å²) in [6.45, 7) is 1.55. The maximum absolute atomic E-state index is 10.2. The molecule has 0 rings (SSSR count). The molecular formula is C5H8O3. The van der Waals surface area contributed by atoms with Crippen molar-refractivity contribution >= 4 is 5.97 Å². The van der Waals surface area contributed by atoms with Gasteiger partial charge in [0.25, 0.3) is 0 Å². The van der Waals surface area contributed by atoms with E-state index in [1.54, 1.807) is 6.92 Å². The molecule has 0 spiro atoms. The minimum atomic E-state index is -0.701. The van der Waals surface area contributed by atoms with Crippen molar-refractivity contribution in [1.82, 2.24) is 0 Å². The minimum Gasteiger partial charge on any atom is -0.502 e. The number of ether oxygens (including phenoxy) is 1. The smallest absolute Gasteiger partial charge is 0.372 e. The summed E-state index contributed by atoms with van der Waals surface area (Å²) in [5.41, 5.74) is 0. The summed E-state index contributed by atoms with van der Waals surface area (Å²) in [4.78, 5) is 10.2. The van der Waals surface area contributed by atoms with Crippen molar-refractivity contribution in [2.24, 2.45) is 0 Å². The first-order valence-corrected chi connectivity index (χ1v) is 2.16. The molecule has 0 aromatic carbocycles. The fourth-order valence-corrected chi connectivity index (χ4v) is 0.222. The Kier molecular flexibility index (Phi) is 2.69. The van der Waals surface area contributed by atoms with E-state index in [1.165, 1.54) is 13.2 Å². The molecular weight excluding hydrogens is 108 g/mol. The molecule has 0 aliphatic heterocycles. The highest BCUT2D eigenvalue weighted by Crippen LogP contribution is 1.88. The molecule has 0 aliphatic carbocycles. The third-order valence-electron chi connectivity index (χ3n) is 0.668. The number of rotatable bonds is 1. The molecule has 0 saturated carbocycles. The van der Waals surface area contributed by atoms with Crippen LogP contribution in [-0.4, -0.2) is 18.2 Å². The number of aliphatic hydroxyl groups is 1. The van der Waals surface area contributed by atoms with E-state index in [9.17, 15) is 4.79 Å². The van der Waals surface area contributed by atoms with Crippen LogP contribution in [0.1, 0.15) is 6.92 Å². The second-order valence-corrected chi connectivity index (χ2v) is 1.17. The Balaban J connectivity index is 3.83. The van der Waals surface area contributed by atoms with Gasteiger partial charge in [-0.1, -0.05) is 0 Å². The molecule has 0 unspecified atom stereocenters. The normalized spacial score (nSPS) is 11.0. The van der Waals surface area contributed by atoms with Crippen LogP contribution in [-0.2, 0) is 9.53 Å². The molecule has 0 radical (unpaired) electrons. The first-order chi connectivity index (χ1) is 3.72. The van der Waals surface area contributed by atoms with Gasteiger partial charge in [0.15, 0.2) is 5.76 Å². The molecule has 0 aliphatic rings. The molecule has 0 aromatic heterocycles. The van der Waals surface area contributed by atoms with Crippen LogP contribution in [0.5, 0.6) is 0 Å². The number of methoxy groups -OCH3 is 1. The van der Waals surface area contributed by atoms with E-state index in [1.807, 2.05) is 0 Å². The highest BCUT2D eigenvalue weighted by Gasteiger charge is 2.02. The van der Waals surface area contributed by atoms with Crippen molar-refractivity contribution in [1.29, 1.82) is 0 Å². The average Bonchev–Trinajstić information content (AvgIpc) is 1.84. The van der Waals surface area contributed by atoms with Crippen molar-refractivity contribution in [2.45, 2.75) is 6.92 Å². The van der Waals surface area contributed by atoms with Crippen molar-refractivity contribution in [3.05, 3.63) is 11.8 Å². The zero-order valence-electron chi connectivity index (χ0n) is 4.84. The van der Waals surface area contributed by atoms with Crippen LogP contribution in [0.2, 0.25) is 0 Å². The molecule has 46 valence electrons. The maximum Gasteiger partial charge on any atom is 0.372 e. The summed E-state index contributed by atoms with van der Waals surface area (Å²) >= 11 is 0. The van der Waals surface area contributed by atoms with Crippen LogP contribution in [0.15, 0.2) is 11.8 Å². The lowest BCUT2D eigenvalue weighted by Crippen LogP contribution is -2.02. The van der Waals surface area contributed by atoms with Gasteiger partial charge in [0.2, 0.25) is 0 Å². The Bertz CT molecular complexity index is 115. The Morgan fingerprint density at radius 1 is 1.75 bits per heavy atom. The highest BCUT2D eigenvalue weighted by atomic mass is 16.5. The topological polar surface area (TPSA) is 46.5 Å². The van der Waals surface area contributed by atoms with Gasteiger partial charge < -0.3 is 9.84 Å². The number of hydrogen-bond acceptors (Lipinski definition) is 3. The van der Waals surface area contributed by atoms with Crippen LogP contribution in [0.3, 0.4) is 0 Å². The van der Waals surface area contributed by atoms with Gasteiger partial charge in [0.1, 0.15) is 0 Å².